The van der Waals surface area contributed by atoms with E-state index in [-0.39, 0.29) is 23.0 Å². The number of ether oxygens (including phenoxy) is 2. The van der Waals surface area contributed by atoms with E-state index in [1.165, 1.54) is 0 Å². The quantitative estimate of drug-likeness (QED) is 0.451. The fourth-order valence-corrected chi connectivity index (χ4v) is 3.77. The van der Waals surface area contributed by atoms with E-state index >= 15 is 0 Å². The molecule has 0 aliphatic carbocycles. The van der Waals surface area contributed by atoms with Crippen molar-refractivity contribution < 1.29 is 19.1 Å². The molecule has 1 saturated heterocycles. The lowest BCUT2D eigenvalue weighted by molar-refractivity contribution is 0.0857. The van der Waals surface area contributed by atoms with Gasteiger partial charge >= 0.3 is 0 Å². The van der Waals surface area contributed by atoms with Crippen LogP contribution >= 0.6 is 28.1 Å². The Kier molecular flexibility index (Phi) is 9.01. The van der Waals surface area contributed by atoms with Crippen molar-refractivity contribution in [3.05, 3.63) is 58.1 Å². The third kappa shape index (κ3) is 7.01. The Balaban J connectivity index is 1.59. The second-order valence-corrected chi connectivity index (χ2v) is 8.65. The zero-order chi connectivity index (χ0) is 22.9. The Labute approximate surface area is 201 Å². The second kappa shape index (κ2) is 11.9. The van der Waals surface area contributed by atoms with Gasteiger partial charge in [-0.05, 0) is 67.9 Å². The highest BCUT2D eigenvalue weighted by atomic mass is 79.9. The molecule has 170 valence electrons. The van der Waals surface area contributed by atoms with Crippen molar-refractivity contribution in [2.24, 2.45) is 0 Å². The first-order valence-corrected chi connectivity index (χ1v) is 11.7. The summed E-state index contributed by atoms with van der Waals surface area (Å²) in [6.07, 6.45) is 2.88. The molecule has 2 amide bonds. The maximum atomic E-state index is 12.8. The van der Waals surface area contributed by atoms with Gasteiger partial charge in [-0.3, -0.25) is 14.9 Å². The zero-order valence-corrected chi connectivity index (χ0v) is 20.2. The Morgan fingerprint density at radius 3 is 2.81 bits per heavy atom. The van der Waals surface area contributed by atoms with Gasteiger partial charge in [0.15, 0.2) is 5.11 Å². The van der Waals surface area contributed by atoms with Crippen molar-refractivity contribution in [1.82, 2.24) is 10.6 Å². The van der Waals surface area contributed by atoms with Crippen LogP contribution < -0.4 is 20.7 Å². The van der Waals surface area contributed by atoms with E-state index < -0.39 is 0 Å². The molecule has 1 fully saturated rings. The summed E-state index contributed by atoms with van der Waals surface area (Å²) < 4.78 is 12.0. The summed E-state index contributed by atoms with van der Waals surface area (Å²) >= 11 is 8.67. The molecular weight excluding hydrogens is 494 g/mol. The van der Waals surface area contributed by atoms with Crippen molar-refractivity contribution >= 4 is 50.8 Å². The van der Waals surface area contributed by atoms with Gasteiger partial charge in [-0.1, -0.05) is 28.9 Å². The lowest BCUT2D eigenvalue weighted by Gasteiger charge is -2.14. The first kappa shape index (κ1) is 24.2. The maximum Gasteiger partial charge on any atom is 0.261 e. The van der Waals surface area contributed by atoms with Gasteiger partial charge < -0.3 is 20.1 Å². The summed E-state index contributed by atoms with van der Waals surface area (Å²) in [6.45, 7) is 3.73. The highest BCUT2D eigenvalue weighted by Gasteiger charge is 2.17. The number of amides is 2. The van der Waals surface area contributed by atoms with Crippen molar-refractivity contribution in [3.8, 4) is 5.75 Å². The predicted octanol–water partition coefficient (Wildman–Crippen LogP) is 4.27. The fraction of sp³-hybridized carbons (Fsp3) is 0.348. The van der Waals surface area contributed by atoms with Crippen LogP contribution in [0.25, 0.3) is 0 Å². The zero-order valence-electron chi connectivity index (χ0n) is 17.8. The molecular formula is C23H26BrN3O4S. The van der Waals surface area contributed by atoms with E-state index in [4.69, 9.17) is 21.7 Å². The smallest absolute Gasteiger partial charge is 0.261 e. The van der Waals surface area contributed by atoms with Crippen molar-refractivity contribution in [2.75, 3.05) is 25.1 Å². The fourth-order valence-electron chi connectivity index (χ4n) is 3.20. The number of hydrogen-bond donors (Lipinski definition) is 3. The molecule has 0 bridgehead atoms. The van der Waals surface area contributed by atoms with Gasteiger partial charge in [-0.25, -0.2) is 0 Å². The molecule has 0 aromatic heterocycles. The molecule has 2 aromatic carbocycles. The molecule has 1 unspecified atom stereocenters. The number of rotatable bonds is 8. The first-order valence-electron chi connectivity index (χ1n) is 10.5. The van der Waals surface area contributed by atoms with Crippen LogP contribution in [0, 0.1) is 0 Å². The van der Waals surface area contributed by atoms with Gasteiger partial charge in [0.2, 0.25) is 0 Å². The molecule has 3 N–H and O–H groups in total. The molecule has 1 heterocycles. The highest BCUT2D eigenvalue weighted by molar-refractivity contribution is 9.10. The van der Waals surface area contributed by atoms with E-state index in [0.717, 1.165) is 30.3 Å². The SMILES string of the molecule is CCCOc1ccc(Br)cc1C(=O)NC(=S)Nc1cccc(C(=O)NCC2CCCO2)c1. The number of halogens is 1. The molecule has 7 nitrogen and oxygen atoms in total. The Hall–Kier alpha value is -2.49. The number of hydrogen-bond acceptors (Lipinski definition) is 5. The van der Waals surface area contributed by atoms with E-state index in [1.807, 2.05) is 13.0 Å². The molecule has 0 saturated carbocycles. The molecule has 1 aliphatic rings. The summed E-state index contributed by atoms with van der Waals surface area (Å²) in [5, 5.41) is 8.63. The van der Waals surface area contributed by atoms with Gasteiger partial charge in [0, 0.05) is 28.9 Å². The van der Waals surface area contributed by atoms with Crippen LogP contribution in [0.2, 0.25) is 0 Å². The van der Waals surface area contributed by atoms with E-state index in [0.29, 0.717) is 35.7 Å². The van der Waals surface area contributed by atoms with Gasteiger partial charge in [-0.15, -0.1) is 0 Å². The van der Waals surface area contributed by atoms with Crippen LogP contribution in [0.1, 0.15) is 46.9 Å². The van der Waals surface area contributed by atoms with Crippen LogP contribution in [0.15, 0.2) is 46.9 Å². The van der Waals surface area contributed by atoms with E-state index in [1.54, 1.807) is 36.4 Å². The van der Waals surface area contributed by atoms with Gasteiger partial charge in [0.05, 0.1) is 18.3 Å². The number of benzene rings is 2. The monoisotopic (exact) mass is 519 g/mol. The molecule has 0 spiro atoms. The molecule has 3 rings (SSSR count). The Bertz CT molecular complexity index is 979. The third-order valence-electron chi connectivity index (χ3n) is 4.77. The number of anilines is 1. The minimum Gasteiger partial charge on any atom is -0.493 e. The van der Waals surface area contributed by atoms with Gasteiger partial charge in [-0.2, -0.15) is 0 Å². The van der Waals surface area contributed by atoms with Crippen LogP contribution in [0.5, 0.6) is 5.75 Å². The van der Waals surface area contributed by atoms with E-state index in [9.17, 15) is 9.59 Å². The highest BCUT2D eigenvalue weighted by Crippen LogP contribution is 2.23. The van der Waals surface area contributed by atoms with Crippen molar-refractivity contribution in [2.45, 2.75) is 32.3 Å². The molecule has 1 atom stereocenters. The number of carbonyl (C=O) groups is 2. The van der Waals surface area contributed by atoms with Gasteiger partial charge in [0.25, 0.3) is 11.8 Å². The van der Waals surface area contributed by atoms with Crippen LogP contribution in [0.4, 0.5) is 5.69 Å². The number of nitrogens with one attached hydrogen (secondary N) is 3. The van der Waals surface area contributed by atoms with E-state index in [2.05, 4.69) is 31.9 Å². The summed E-state index contributed by atoms with van der Waals surface area (Å²) in [5.41, 5.74) is 1.46. The average molecular weight is 520 g/mol. The standard InChI is InChI=1S/C23H26BrN3O4S/c1-2-10-31-20-9-8-16(24)13-19(20)22(29)27-23(32)26-17-6-3-5-15(12-17)21(28)25-14-18-7-4-11-30-18/h3,5-6,8-9,12-13,18H,2,4,7,10-11,14H2,1H3,(H,25,28)(H2,26,27,29,32). The van der Waals surface area contributed by atoms with Gasteiger partial charge in [0.1, 0.15) is 5.75 Å². The summed E-state index contributed by atoms with van der Waals surface area (Å²) in [6, 6.07) is 12.1. The lowest BCUT2D eigenvalue weighted by atomic mass is 10.1. The largest absolute Gasteiger partial charge is 0.493 e. The minimum atomic E-state index is -0.389. The molecule has 0 radical (unpaired) electrons. The minimum absolute atomic E-state index is 0.0762. The second-order valence-electron chi connectivity index (χ2n) is 7.32. The van der Waals surface area contributed by atoms with Crippen molar-refractivity contribution in [3.63, 3.8) is 0 Å². The topological polar surface area (TPSA) is 88.7 Å². The predicted molar refractivity (Wildman–Crippen MR) is 131 cm³/mol. The maximum absolute atomic E-state index is 12.8. The summed E-state index contributed by atoms with van der Waals surface area (Å²) in [5.74, 6) is -0.0911. The molecule has 1 aliphatic heterocycles. The summed E-state index contributed by atoms with van der Waals surface area (Å²) in [4.78, 5) is 25.2. The normalized spacial score (nSPS) is 15.1. The number of carbonyl (C=O) groups excluding carboxylic acids is 2. The Morgan fingerprint density at radius 1 is 1.22 bits per heavy atom. The molecule has 32 heavy (non-hydrogen) atoms. The molecule has 2 aromatic rings. The Morgan fingerprint density at radius 2 is 2.06 bits per heavy atom. The average Bonchev–Trinajstić information content (AvgIpc) is 3.30. The third-order valence-corrected chi connectivity index (χ3v) is 5.47. The molecule has 9 heteroatoms. The van der Waals surface area contributed by atoms with Crippen LogP contribution in [-0.2, 0) is 4.74 Å². The summed E-state index contributed by atoms with van der Waals surface area (Å²) in [7, 11) is 0. The van der Waals surface area contributed by atoms with Crippen LogP contribution in [0.3, 0.4) is 0 Å². The van der Waals surface area contributed by atoms with Crippen molar-refractivity contribution in [1.29, 1.82) is 0 Å². The van der Waals surface area contributed by atoms with Crippen LogP contribution in [-0.4, -0.2) is 42.8 Å². The first-order chi connectivity index (χ1) is 15.5. The number of thiocarbonyl (C=S) groups is 1. The lowest BCUT2D eigenvalue weighted by Crippen LogP contribution is -2.34.